The summed E-state index contributed by atoms with van der Waals surface area (Å²) in [7, 11) is 0. The Morgan fingerprint density at radius 2 is 1.21 bits per heavy atom. The molecule has 0 spiro atoms. The molecule has 0 saturated carbocycles. The van der Waals surface area contributed by atoms with Gasteiger partial charge in [-0.1, -0.05) is 60.7 Å². The molecule has 5 aromatic carbocycles. The van der Waals surface area contributed by atoms with Crippen molar-refractivity contribution in [1.82, 2.24) is 4.98 Å². The molecule has 0 aliphatic rings. The van der Waals surface area contributed by atoms with Gasteiger partial charge in [0.2, 0.25) is 0 Å². The number of carbonyl (C=O) groups is 1. The second-order valence-electron chi connectivity index (χ2n) is 11.1. The molecule has 0 bridgehead atoms. The maximum atomic E-state index is 12.6. The first-order valence-corrected chi connectivity index (χ1v) is 14.2. The van der Waals surface area contributed by atoms with Crippen LogP contribution in [-0.4, -0.2) is 28.3 Å². The maximum Gasteiger partial charge on any atom is 0.352 e. The molecule has 0 aliphatic carbocycles. The molecule has 42 heavy (non-hydrogen) atoms. The smallest absolute Gasteiger partial charge is 0.352 e. The Labute approximate surface area is 245 Å². The van der Waals surface area contributed by atoms with E-state index in [9.17, 15) is 9.90 Å². The molecule has 0 unspecified atom stereocenters. The Bertz CT molecular complexity index is 1900. The van der Waals surface area contributed by atoms with Crippen LogP contribution in [0.4, 0.5) is 0 Å². The van der Waals surface area contributed by atoms with Crippen LogP contribution in [0.15, 0.2) is 103 Å². The zero-order chi connectivity index (χ0) is 29.4. The summed E-state index contributed by atoms with van der Waals surface area (Å²) >= 11 is 0. The van der Waals surface area contributed by atoms with Crippen molar-refractivity contribution in [3.05, 3.63) is 109 Å². The quantitative estimate of drug-likeness (QED) is 0.196. The molecule has 2 N–H and O–H groups in total. The van der Waals surface area contributed by atoms with Crippen molar-refractivity contribution in [1.29, 1.82) is 0 Å². The first-order valence-electron chi connectivity index (χ1n) is 14.2. The number of aromatic amines is 1. The van der Waals surface area contributed by atoms with E-state index in [1.807, 2.05) is 94.4 Å². The molecule has 0 amide bonds. The van der Waals surface area contributed by atoms with Gasteiger partial charge in [-0.25, -0.2) is 4.79 Å². The van der Waals surface area contributed by atoms with E-state index in [-0.39, 0.29) is 17.9 Å². The Morgan fingerprint density at radius 1 is 0.643 bits per heavy atom. The standard InChI is InChI=1S/C37H33NO4/c1-22(2)41-30-15-11-25(12-16-30)29-20-32(28-10-9-24-7-5-6-8-27(24)19-28)35-33(21-29)38-36(37(39)40)34(35)26-13-17-31(18-14-26)42-23(3)4/h5-23,38H,1-4H3,(H,39,40). The lowest BCUT2D eigenvalue weighted by atomic mass is 9.90. The summed E-state index contributed by atoms with van der Waals surface area (Å²) < 4.78 is 11.7. The lowest BCUT2D eigenvalue weighted by Gasteiger charge is -2.14. The molecule has 0 atom stereocenters. The highest BCUT2D eigenvalue weighted by molar-refractivity contribution is 6.14. The Balaban J connectivity index is 1.60. The van der Waals surface area contributed by atoms with Crippen LogP contribution in [0, 0.1) is 0 Å². The number of carboxylic acids is 1. The SMILES string of the molecule is CC(C)Oc1ccc(-c2cc(-c3ccc4ccccc4c3)c3c(-c4ccc(OC(C)C)cc4)c(C(=O)O)[nH]c3c2)cc1. The molecule has 6 aromatic rings. The van der Waals surface area contributed by atoms with Gasteiger partial charge in [0, 0.05) is 16.5 Å². The van der Waals surface area contributed by atoms with E-state index in [4.69, 9.17) is 9.47 Å². The number of benzene rings is 5. The Morgan fingerprint density at radius 3 is 1.81 bits per heavy atom. The third-order valence-corrected chi connectivity index (χ3v) is 7.25. The van der Waals surface area contributed by atoms with Gasteiger partial charge in [-0.05, 0) is 109 Å². The molecule has 210 valence electrons. The van der Waals surface area contributed by atoms with Gasteiger partial charge in [0.15, 0.2) is 0 Å². The number of ether oxygens (including phenoxy) is 2. The lowest BCUT2D eigenvalue weighted by Crippen LogP contribution is -2.05. The zero-order valence-corrected chi connectivity index (χ0v) is 24.1. The molecule has 0 fully saturated rings. The van der Waals surface area contributed by atoms with Gasteiger partial charge in [0.1, 0.15) is 17.2 Å². The number of hydrogen-bond acceptors (Lipinski definition) is 3. The van der Waals surface area contributed by atoms with E-state index in [1.165, 1.54) is 0 Å². The summed E-state index contributed by atoms with van der Waals surface area (Å²) in [4.78, 5) is 15.9. The molecular formula is C37H33NO4. The van der Waals surface area contributed by atoms with Crippen molar-refractivity contribution >= 4 is 27.6 Å². The topological polar surface area (TPSA) is 71.6 Å². The van der Waals surface area contributed by atoms with Crippen LogP contribution in [0.3, 0.4) is 0 Å². The zero-order valence-electron chi connectivity index (χ0n) is 24.1. The van der Waals surface area contributed by atoms with Crippen molar-refractivity contribution in [3.8, 4) is 44.9 Å². The molecule has 6 rings (SSSR count). The number of fused-ring (bicyclic) bond motifs is 2. The number of rotatable bonds is 8. The first kappa shape index (κ1) is 27.2. The average molecular weight is 556 g/mol. The van der Waals surface area contributed by atoms with E-state index in [0.717, 1.165) is 61.0 Å². The summed E-state index contributed by atoms with van der Waals surface area (Å²) in [6.07, 6.45) is 0.131. The van der Waals surface area contributed by atoms with Gasteiger partial charge in [0.25, 0.3) is 0 Å². The van der Waals surface area contributed by atoms with E-state index in [0.29, 0.717) is 5.56 Å². The highest BCUT2D eigenvalue weighted by Crippen LogP contribution is 2.43. The predicted octanol–water partition coefficient (Wildman–Crippen LogP) is 9.59. The van der Waals surface area contributed by atoms with E-state index in [1.54, 1.807) is 0 Å². The number of aromatic nitrogens is 1. The van der Waals surface area contributed by atoms with Crippen LogP contribution in [0.25, 0.3) is 55.1 Å². The average Bonchev–Trinajstić information content (AvgIpc) is 3.37. The molecule has 0 radical (unpaired) electrons. The fourth-order valence-electron chi connectivity index (χ4n) is 5.50. The summed E-state index contributed by atoms with van der Waals surface area (Å²) in [5.41, 5.74) is 6.33. The highest BCUT2D eigenvalue weighted by atomic mass is 16.5. The van der Waals surface area contributed by atoms with Gasteiger partial charge in [-0.2, -0.15) is 0 Å². The van der Waals surface area contributed by atoms with Crippen LogP contribution in [-0.2, 0) is 0 Å². The fraction of sp³-hybridized carbons (Fsp3) is 0.162. The van der Waals surface area contributed by atoms with Crippen LogP contribution in [0.2, 0.25) is 0 Å². The minimum absolute atomic E-state index is 0.0439. The third kappa shape index (κ3) is 5.34. The van der Waals surface area contributed by atoms with Crippen LogP contribution in [0.1, 0.15) is 38.2 Å². The lowest BCUT2D eigenvalue weighted by molar-refractivity contribution is 0.0692. The highest BCUT2D eigenvalue weighted by Gasteiger charge is 2.23. The second kappa shape index (κ2) is 11.1. The van der Waals surface area contributed by atoms with E-state index in [2.05, 4.69) is 41.4 Å². The predicted molar refractivity (Wildman–Crippen MR) is 171 cm³/mol. The number of nitrogens with one attached hydrogen (secondary N) is 1. The number of aromatic carboxylic acids is 1. The monoisotopic (exact) mass is 555 g/mol. The number of carboxylic acid groups (broad SMARTS) is 1. The molecule has 1 aromatic heterocycles. The summed E-state index contributed by atoms with van der Waals surface area (Å²) in [5.74, 6) is 0.544. The molecular weight excluding hydrogens is 522 g/mol. The fourth-order valence-corrected chi connectivity index (χ4v) is 5.50. The van der Waals surface area contributed by atoms with Crippen molar-refractivity contribution < 1.29 is 19.4 Å². The molecule has 0 saturated heterocycles. The van der Waals surface area contributed by atoms with Crippen LogP contribution in [0.5, 0.6) is 11.5 Å². The van der Waals surface area contributed by atoms with Crippen molar-refractivity contribution in [2.24, 2.45) is 0 Å². The number of hydrogen-bond donors (Lipinski definition) is 2. The van der Waals surface area contributed by atoms with E-state index >= 15 is 0 Å². The van der Waals surface area contributed by atoms with Crippen molar-refractivity contribution in [2.75, 3.05) is 0 Å². The van der Waals surface area contributed by atoms with E-state index < -0.39 is 5.97 Å². The van der Waals surface area contributed by atoms with Gasteiger partial charge in [-0.3, -0.25) is 0 Å². The normalized spacial score (nSPS) is 11.5. The second-order valence-corrected chi connectivity index (χ2v) is 11.1. The Hall–Kier alpha value is -5.03. The van der Waals surface area contributed by atoms with Gasteiger partial charge in [0.05, 0.1) is 12.2 Å². The number of H-pyrrole nitrogens is 1. The summed E-state index contributed by atoms with van der Waals surface area (Å²) in [6, 6.07) is 34.5. The van der Waals surface area contributed by atoms with Gasteiger partial charge in [-0.15, -0.1) is 0 Å². The Kier molecular flexibility index (Phi) is 7.17. The summed E-state index contributed by atoms with van der Waals surface area (Å²) in [6.45, 7) is 7.97. The first-order chi connectivity index (χ1) is 20.3. The van der Waals surface area contributed by atoms with Crippen molar-refractivity contribution in [3.63, 3.8) is 0 Å². The van der Waals surface area contributed by atoms with Gasteiger partial charge >= 0.3 is 5.97 Å². The molecule has 5 heteroatoms. The minimum Gasteiger partial charge on any atom is -0.491 e. The van der Waals surface area contributed by atoms with Crippen LogP contribution >= 0.6 is 0 Å². The van der Waals surface area contributed by atoms with Gasteiger partial charge < -0.3 is 19.6 Å². The molecule has 1 heterocycles. The summed E-state index contributed by atoms with van der Waals surface area (Å²) in [5, 5.41) is 13.5. The molecule has 5 nitrogen and oxygen atoms in total. The maximum absolute atomic E-state index is 12.6. The minimum atomic E-state index is -1.01. The van der Waals surface area contributed by atoms with Crippen molar-refractivity contribution in [2.45, 2.75) is 39.9 Å². The largest absolute Gasteiger partial charge is 0.491 e. The molecule has 0 aliphatic heterocycles. The van der Waals surface area contributed by atoms with Crippen LogP contribution < -0.4 is 9.47 Å². The third-order valence-electron chi connectivity index (χ3n) is 7.25.